The predicted molar refractivity (Wildman–Crippen MR) is 82.6 cm³/mol. The number of carbonyl (C=O) groups excluding carboxylic acids is 1. The number of rotatable bonds is 5. The molecule has 0 bridgehead atoms. The van der Waals surface area contributed by atoms with Crippen LogP contribution in [0.1, 0.15) is 15.2 Å². The number of tetrazole rings is 1. The first kappa shape index (κ1) is 14.4. The Bertz CT molecular complexity index is 769. The molecule has 0 radical (unpaired) electrons. The maximum Gasteiger partial charge on any atom is 0.265 e. The number of hydrogen-bond acceptors (Lipinski definition) is 6. The van der Waals surface area contributed by atoms with Crippen molar-refractivity contribution in [1.82, 2.24) is 20.6 Å². The fourth-order valence-corrected chi connectivity index (χ4v) is 2.78. The van der Waals surface area contributed by atoms with Gasteiger partial charge in [-0.05, 0) is 34.4 Å². The van der Waals surface area contributed by atoms with Crippen molar-refractivity contribution in [2.75, 3.05) is 12.4 Å². The summed E-state index contributed by atoms with van der Waals surface area (Å²) in [4.78, 5) is 13.0. The molecular weight excluding hydrogens is 302 g/mol. The minimum atomic E-state index is -0.178. The van der Waals surface area contributed by atoms with E-state index in [9.17, 15) is 4.79 Å². The van der Waals surface area contributed by atoms with E-state index >= 15 is 0 Å². The maximum absolute atomic E-state index is 12.3. The molecule has 0 unspecified atom stereocenters. The molecule has 2 aromatic heterocycles. The number of hydrogen-bond donors (Lipinski definition) is 2. The molecule has 0 fully saturated rings. The number of aromatic nitrogens is 4. The number of para-hydroxylation sites is 1. The molecule has 2 heterocycles. The average Bonchev–Trinajstić information content (AvgIpc) is 3.19. The van der Waals surface area contributed by atoms with Crippen molar-refractivity contribution in [3.8, 4) is 11.4 Å². The van der Waals surface area contributed by atoms with Gasteiger partial charge in [-0.1, -0.05) is 12.1 Å². The zero-order valence-electron chi connectivity index (χ0n) is 11.7. The molecule has 0 aliphatic rings. The summed E-state index contributed by atoms with van der Waals surface area (Å²) in [5.74, 6) is 0.255. The number of anilines is 1. The number of nitrogens with one attached hydrogen (secondary N) is 2. The van der Waals surface area contributed by atoms with Crippen molar-refractivity contribution in [2.24, 2.45) is 0 Å². The molecule has 112 valence electrons. The third-order valence-corrected chi connectivity index (χ3v) is 3.93. The molecule has 0 saturated carbocycles. The van der Waals surface area contributed by atoms with Crippen LogP contribution in [0, 0.1) is 0 Å². The van der Waals surface area contributed by atoms with Crippen LogP contribution in [0.2, 0.25) is 0 Å². The number of ether oxygens (including phenoxy) is 1. The molecule has 0 aliphatic heterocycles. The van der Waals surface area contributed by atoms with Crippen molar-refractivity contribution in [3.05, 3.63) is 46.2 Å². The van der Waals surface area contributed by atoms with Gasteiger partial charge < -0.3 is 10.1 Å². The van der Waals surface area contributed by atoms with E-state index in [-0.39, 0.29) is 5.91 Å². The molecule has 0 saturated heterocycles. The maximum atomic E-state index is 12.3. The van der Waals surface area contributed by atoms with Gasteiger partial charge in [0.15, 0.2) is 0 Å². The molecule has 7 nitrogen and oxygen atoms in total. The highest BCUT2D eigenvalue weighted by Crippen LogP contribution is 2.25. The molecule has 3 rings (SSSR count). The van der Waals surface area contributed by atoms with Crippen molar-refractivity contribution in [3.63, 3.8) is 0 Å². The Morgan fingerprint density at radius 2 is 2.27 bits per heavy atom. The van der Waals surface area contributed by atoms with Crippen LogP contribution in [0.25, 0.3) is 11.4 Å². The predicted octanol–water partition coefficient (Wildman–Crippen LogP) is 2.33. The number of carbonyl (C=O) groups is 1. The molecule has 0 aliphatic carbocycles. The Kier molecular flexibility index (Phi) is 4.22. The molecule has 3 aromatic rings. The van der Waals surface area contributed by atoms with Gasteiger partial charge >= 0.3 is 0 Å². The Labute approximate surface area is 130 Å². The third-order valence-electron chi connectivity index (χ3n) is 2.95. The van der Waals surface area contributed by atoms with E-state index in [1.807, 2.05) is 29.6 Å². The second-order valence-corrected chi connectivity index (χ2v) is 5.40. The zero-order valence-corrected chi connectivity index (χ0v) is 12.6. The van der Waals surface area contributed by atoms with Crippen LogP contribution in [0.4, 0.5) is 5.69 Å². The summed E-state index contributed by atoms with van der Waals surface area (Å²) in [6, 6.07) is 9.13. The van der Waals surface area contributed by atoms with Gasteiger partial charge in [-0.25, -0.2) is 0 Å². The summed E-state index contributed by atoms with van der Waals surface area (Å²) in [5.41, 5.74) is 2.32. The zero-order chi connectivity index (χ0) is 15.4. The Morgan fingerprint density at radius 3 is 3.05 bits per heavy atom. The van der Waals surface area contributed by atoms with Crippen molar-refractivity contribution >= 4 is 22.9 Å². The number of amides is 1. The van der Waals surface area contributed by atoms with E-state index in [0.717, 1.165) is 5.56 Å². The van der Waals surface area contributed by atoms with Gasteiger partial charge in [0.2, 0.25) is 5.82 Å². The average molecular weight is 315 g/mol. The number of aromatic amines is 1. The Morgan fingerprint density at radius 1 is 1.41 bits per heavy atom. The molecule has 22 heavy (non-hydrogen) atoms. The van der Waals surface area contributed by atoms with Crippen molar-refractivity contribution in [1.29, 1.82) is 0 Å². The summed E-state index contributed by atoms with van der Waals surface area (Å²) < 4.78 is 5.06. The van der Waals surface area contributed by atoms with E-state index in [4.69, 9.17) is 4.74 Å². The van der Waals surface area contributed by atoms with Crippen LogP contribution in [0.3, 0.4) is 0 Å². The fraction of sp³-hybridized carbons (Fsp3) is 0.143. The number of H-pyrrole nitrogens is 1. The van der Waals surface area contributed by atoms with Crippen LogP contribution >= 0.6 is 11.3 Å². The first-order valence-electron chi connectivity index (χ1n) is 6.48. The number of thiophene rings is 1. The van der Waals surface area contributed by atoms with Crippen LogP contribution in [-0.4, -0.2) is 33.6 Å². The molecule has 1 aromatic carbocycles. The second kappa shape index (κ2) is 6.46. The topological polar surface area (TPSA) is 92.8 Å². The third kappa shape index (κ3) is 3.02. The van der Waals surface area contributed by atoms with Gasteiger partial charge in [0, 0.05) is 12.7 Å². The van der Waals surface area contributed by atoms with Crippen molar-refractivity contribution in [2.45, 2.75) is 6.61 Å². The molecule has 0 atom stereocenters. The summed E-state index contributed by atoms with van der Waals surface area (Å²) in [6.07, 6.45) is 0. The fourth-order valence-electron chi connectivity index (χ4n) is 1.98. The summed E-state index contributed by atoms with van der Waals surface area (Å²) in [5, 5.41) is 18.6. The normalized spacial score (nSPS) is 10.6. The van der Waals surface area contributed by atoms with Gasteiger partial charge in [-0.15, -0.1) is 21.5 Å². The lowest BCUT2D eigenvalue weighted by Crippen LogP contribution is -2.11. The molecular formula is C14H13N5O2S. The molecule has 1 amide bonds. The van der Waals surface area contributed by atoms with E-state index in [1.54, 1.807) is 13.2 Å². The van der Waals surface area contributed by atoms with Crippen LogP contribution in [0.15, 0.2) is 35.7 Å². The highest BCUT2D eigenvalue weighted by atomic mass is 32.1. The largest absolute Gasteiger partial charge is 0.380 e. The van der Waals surface area contributed by atoms with Gasteiger partial charge in [0.25, 0.3) is 5.91 Å². The highest BCUT2D eigenvalue weighted by molar-refractivity contribution is 7.12. The monoisotopic (exact) mass is 315 g/mol. The summed E-state index contributed by atoms with van der Waals surface area (Å²) in [7, 11) is 1.62. The number of nitrogens with zero attached hydrogens (tertiary/aromatic N) is 3. The van der Waals surface area contributed by atoms with Gasteiger partial charge in [0.05, 0.1) is 17.2 Å². The van der Waals surface area contributed by atoms with E-state index in [2.05, 4.69) is 25.9 Å². The van der Waals surface area contributed by atoms with Crippen LogP contribution in [-0.2, 0) is 11.3 Å². The van der Waals surface area contributed by atoms with E-state index in [1.165, 1.54) is 11.3 Å². The number of methoxy groups -OCH3 is 1. The first-order valence-corrected chi connectivity index (χ1v) is 7.36. The molecule has 8 heteroatoms. The number of benzene rings is 1. The smallest absolute Gasteiger partial charge is 0.265 e. The molecule has 0 spiro atoms. The minimum Gasteiger partial charge on any atom is -0.380 e. The lowest BCUT2D eigenvalue weighted by atomic mass is 10.1. The van der Waals surface area contributed by atoms with Gasteiger partial charge in [-0.2, -0.15) is 5.21 Å². The van der Waals surface area contributed by atoms with Gasteiger partial charge in [-0.3, -0.25) is 4.79 Å². The first-order chi connectivity index (χ1) is 10.8. The Hall–Kier alpha value is -2.58. The standard InChI is InChI=1S/C14H13N5O2S/c1-21-7-9-6-12(22-8-9)14(20)15-11-5-3-2-4-10(11)13-16-18-19-17-13/h2-6,8H,7H2,1H3,(H,15,20)(H,16,17,18,19). The second-order valence-electron chi connectivity index (χ2n) is 4.49. The van der Waals surface area contributed by atoms with Crippen molar-refractivity contribution < 1.29 is 9.53 Å². The van der Waals surface area contributed by atoms with E-state index in [0.29, 0.717) is 28.6 Å². The lowest BCUT2D eigenvalue weighted by Gasteiger charge is -2.07. The lowest BCUT2D eigenvalue weighted by molar-refractivity contribution is 0.103. The highest BCUT2D eigenvalue weighted by Gasteiger charge is 2.14. The summed E-state index contributed by atoms with van der Waals surface area (Å²) >= 11 is 1.38. The van der Waals surface area contributed by atoms with Crippen LogP contribution < -0.4 is 5.32 Å². The van der Waals surface area contributed by atoms with E-state index < -0.39 is 0 Å². The Balaban J connectivity index is 1.82. The van der Waals surface area contributed by atoms with Gasteiger partial charge in [0.1, 0.15) is 0 Å². The summed E-state index contributed by atoms with van der Waals surface area (Å²) in [6.45, 7) is 0.489. The SMILES string of the molecule is COCc1csc(C(=O)Nc2ccccc2-c2nn[nH]n2)c1. The minimum absolute atomic E-state index is 0.178. The van der Waals surface area contributed by atoms with Crippen LogP contribution in [0.5, 0.6) is 0 Å². The molecule has 2 N–H and O–H groups in total. The quantitative estimate of drug-likeness (QED) is 0.754.